The number of aromatic nitrogens is 1. The van der Waals surface area contributed by atoms with Crippen LogP contribution in [0.3, 0.4) is 0 Å². The maximum Gasteiger partial charge on any atom is 0.158 e. The summed E-state index contributed by atoms with van der Waals surface area (Å²) in [6.45, 7) is 9.53. The van der Waals surface area contributed by atoms with Crippen LogP contribution >= 0.6 is 15.9 Å². The van der Waals surface area contributed by atoms with Crippen molar-refractivity contribution >= 4 is 56.2 Å². The number of benzene rings is 3. The highest BCUT2D eigenvalue weighted by Gasteiger charge is 2.29. The van der Waals surface area contributed by atoms with Gasteiger partial charge < -0.3 is 14.0 Å². The summed E-state index contributed by atoms with van der Waals surface area (Å²) in [6.07, 6.45) is 3.26. The molecule has 3 aromatic carbocycles. The van der Waals surface area contributed by atoms with Gasteiger partial charge in [-0.25, -0.2) is 0 Å². The maximum absolute atomic E-state index is 6.19. The van der Waals surface area contributed by atoms with E-state index in [-0.39, 0.29) is 6.29 Å². The summed E-state index contributed by atoms with van der Waals surface area (Å²) < 4.78 is 15.5. The Kier molecular flexibility index (Phi) is 6.49. The van der Waals surface area contributed by atoms with E-state index >= 15 is 0 Å². The lowest BCUT2D eigenvalue weighted by atomic mass is 10.1. The first-order valence-corrected chi connectivity index (χ1v) is 15.8. The van der Waals surface area contributed by atoms with Crippen LogP contribution in [0.2, 0.25) is 13.1 Å². The Morgan fingerprint density at radius 2 is 1.76 bits per heavy atom. The molecule has 0 bridgehead atoms. The van der Waals surface area contributed by atoms with E-state index in [1.807, 2.05) is 0 Å². The third-order valence-corrected chi connectivity index (χ3v) is 11.2. The Balaban J connectivity index is 1.54. The number of rotatable bonds is 6. The first kappa shape index (κ1) is 22.8. The molecule has 1 aromatic heterocycles. The number of ether oxygens (including phenoxy) is 2. The van der Waals surface area contributed by atoms with Crippen LogP contribution in [-0.2, 0) is 22.6 Å². The molecule has 172 valence electrons. The molecule has 4 aromatic rings. The highest BCUT2D eigenvalue weighted by Crippen LogP contribution is 2.31. The number of aryl methyl sites for hydroxylation is 1. The zero-order valence-electron chi connectivity index (χ0n) is 19.7. The molecular weight excluding hydrogens is 490 g/mol. The van der Waals surface area contributed by atoms with Crippen molar-refractivity contribution in [3.05, 3.63) is 70.7 Å². The van der Waals surface area contributed by atoms with Crippen molar-refractivity contribution in [2.75, 3.05) is 6.61 Å². The van der Waals surface area contributed by atoms with E-state index in [1.54, 1.807) is 0 Å². The molecule has 5 rings (SSSR count). The van der Waals surface area contributed by atoms with Crippen LogP contribution in [0.25, 0.3) is 21.8 Å². The second kappa shape index (κ2) is 9.38. The normalized spacial score (nSPS) is 17.2. The predicted octanol–water partition coefficient (Wildman–Crippen LogP) is 6.44. The van der Waals surface area contributed by atoms with Gasteiger partial charge in [-0.15, -0.1) is 0 Å². The van der Waals surface area contributed by atoms with Crippen molar-refractivity contribution in [1.82, 2.24) is 4.57 Å². The first-order valence-electron chi connectivity index (χ1n) is 12.0. The number of halogens is 1. The lowest BCUT2D eigenvalue weighted by molar-refractivity contribution is -0.168. The molecule has 1 unspecified atom stereocenters. The number of fused-ring (bicyclic) bond motifs is 3. The fourth-order valence-electron chi connectivity index (χ4n) is 5.24. The largest absolute Gasteiger partial charge is 0.353 e. The molecule has 5 heteroatoms. The second-order valence-electron chi connectivity index (χ2n) is 9.53. The van der Waals surface area contributed by atoms with Gasteiger partial charge >= 0.3 is 0 Å². The number of nitrogens with zero attached hydrogens (tertiary/aromatic N) is 1. The third-order valence-electron chi connectivity index (χ3n) is 7.12. The molecule has 0 aliphatic carbocycles. The zero-order chi connectivity index (χ0) is 23.0. The summed E-state index contributed by atoms with van der Waals surface area (Å²) in [5.41, 5.74) is 3.90. The minimum atomic E-state index is -1.95. The van der Waals surface area contributed by atoms with E-state index in [2.05, 4.69) is 101 Å². The summed E-state index contributed by atoms with van der Waals surface area (Å²) in [6, 6.07) is 22.6. The van der Waals surface area contributed by atoms with E-state index in [0.29, 0.717) is 6.61 Å². The van der Waals surface area contributed by atoms with Crippen LogP contribution in [0, 0.1) is 0 Å². The van der Waals surface area contributed by atoms with E-state index in [4.69, 9.17) is 9.47 Å². The van der Waals surface area contributed by atoms with Crippen molar-refractivity contribution in [2.45, 2.75) is 58.7 Å². The van der Waals surface area contributed by atoms with Gasteiger partial charge in [0.2, 0.25) is 0 Å². The Morgan fingerprint density at radius 3 is 2.52 bits per heavy atom. The van der Waals surface area contributed by atoms with Crippen LogP contribution in [0.15, 0.2) is 65.1 Å². The van der Waals surface area contributed by atoms with Crippen LogP contribution in [0.4, 0.5) is 0 Å². The summed E-state index contributed by atoms with van der Waals surface area (Å²) in [4.78, 5) is 0. The monoisotopic (exact) mass is 521 g/mol. The van der Waals surface area contributed by atoms with E-state index in [1.165, 1.54) is 44.2 Å². The molecule has 1 atom stereocenters. The molecule has 3 nitrogen and oxygen atoms in total. The van der Waals surface area contributed by atoms with Gasteiger partial charge in [-0.05, 0) is 61.2 Å². The van der Waals surface area contributed by atoms with Gasteiger partial charge in [0.05, 0.1) is 6.61 Å². The van der Waals surface area contributed by atoms with Crippen molar-refractivity contribution in [2.24, 2.45) is 0 Å². The molecule has 1 saturated heterocycles. The second-order valence-corrected chi connectivity index (χ2v) is 14.8. The van der Waals surface area contributed by atoms with Crippen LogP contribution in [0.5, 0.6) is 0 Å². The Labute approximate surface area is 205 Å². The van der Waals surface area contributed by atoms with Crippen molar-refractivity contribution in [1.29, 1.82) is 0 Å². The van der Waals surface area contributed by atoms with Gasteiger partial charge in [-0.3, -0.25) is 0 Å². The number of hydrogen-bond acceptors (Lipinski definition) is 2. The Hall–Kier alpha value is -1.92. The minimum Gasteiger partial charge on any atom is -0.353 e. The molecule has 1 aliphatic rings. The summed E-state index contributed by atoms with van der Waals surface area (Å²) >= 11 is 3.68. The quantitative estimate of drug-likeness (QED) is 0.272. The predicted molar refractivity (Wildman–Crippen MR) is 144 cm³/mol. The SMILES string of the molecule is CCn1c2ccc(Br)cc2c2cc([Si](C)(C)c3ccccc3COC3CCCCO3)ccc21. The summed E-state index contributed by atoms with van der Waals surface area (Å²) in [5.74, 6) is 0. The van der Waals surface area contributed by atoms with Crippen LogP contribution < -0.4 is 10.4 Å². The molecule has 33 heavy (non-hydrogen) atoms. The highest BCUT2D eigenvalue weighted by atomic mass is 79.9. The highest BCUT2D eigenvalue weighted by molar-refractivity contribution is 9.10. The van der Waals surface area contributed by atoms with Gasteiger partial charge in [0.15, 0.2) is 6.29 Å². The number of hydrogen-bond donors (Lipinski definition) is 0. The molecule has 1 fully saturated rings. The molecule has 0 N–H and O–H groups in total. The summed E-state index contributed by atoms with van der Waals surface area (Å²) in [7, 11) is -1.95. The lowest BCUT2D eigenvalue weighted by Gasteiger charge is -2.28. The minimum absolute atomic E-state index is 0.0634. The molecular formula is C28H32BrNO2Si. The lowest BCUT2D eigenvalue weighted by Crippen LogP contribution is -2.54. The molecule has 0 spiro atoms. The average molecular weight is 523 g/mol. The average Bonchev–Trinajstić information content (AvgIpc) is 3.15. The maximum atomic E-state index is 6.19. The zero-order valence-corrected chi connectivity index (χ0v) is 22.3. The van der Waals surface area contributed by atoms with E-state index in [9.17, 15) is 0 Å². The molecule has 0 radical (unpaired) electrons. The van der Waals surface area contributed by atoms with E-state index in [0.717, 1.165) is 30.5 Å². The van der Waals surface area contributed by atoms with Crippen LogP contribution in [0.1, 0.15) is 31.7 Å². The Bertz CT molecular complexity index is 1290. The van der Waals surface area contributed by atoms with Crippen molar-refractivity contribution in [3.8, 4) is 0 Å². The van der Waals surface area contributed by atoms with Gasteiger partial charge in [-0.2, -0.15) is 0 Å². The topological polar surface area (TPSA) is 23.4 Å². The Morgan fingerprint density at radius 1 is 1.00 bits per heavy atom. The van der Waals surface area contributed by atoms with Gasteiger partial charge in [0.25, 0.3) is 0 Å². The standard InChI is InChI=1S/C28H32BrNO2Si/c1-4-30-25-14-12-21(29)17-23(25)24-18-22(13-15-26(24)30)33(2,3)27-10-6-5-9-20(27)19-32-28-11-7-8-16-31-28/h5-6,9-10,12-15,17-18,28H,4,7-8,11,16,19H2,1-3H3. The van der Waals surface area contributed by atoms with Gasteiger partial charge in [0.1, 0.15) is 8.07 Å². The van der Waals surface area contributed by atoms with Crippen LogP contribution in [-0.4, -0.2) is 25.5 Å². The fraction of sp³-hybridized carbons (Fsp3) is 0.357. The molecule has 0 saturated carbocycles. The summed E-state index contributed by atoms with van der Waals surface area (Å²) in [5, 5.41) is 5.56. The molecule has 2 heterocycles. The van der Waals surface area contributed by atoms with Gasteiger partial charge in [0, 0.05) is 39.4 Å². The fourth-order valence-corrected chi connectivity index (χ4v) is 8.39. The van der Waals surface area contributed by atoms with Crippen molar-refractivity contribution < 1.29 is 9.47 Å². The third kappa shape index (κ3) is 4.32. The molecule has 1 aliphatic heterocycles. The van der Waals surface area contributed by atoms with Crippen molar-refractivity contribution in [3.63, 3.8) is 0 Å². The molecule has 0 amide bonds. The first-order chi connectivity index (χ1) is 16.0. The van der Waals surface area contributed by atoms with Gasteiger partial charge in [-0.1, -0.05) is 70.6 Å². The van der Waals surface area contributed by atoms with E-state index < -0.39 is 8.07 Å². The smallest absolute Gasteiger partial charge is 0.158 e.